The first-order chi connectivity index (χ1) is 11.1. The number of aromatic nitrogens is 2. The number of benzene rings is 1. The van der Waals surface area contributed by atoms with Gasteiger partial charge in [-0.05, 0) is 41.9 Å². The minimum absolute atomic E-state index is 0.166. The number of aromatic carboxylic acids is 1. The second-order valence-corrected chi connectivity index (χ2v) is 7.10. The summed E-state index contributed by atoms with van der Waals surface area (Å²) in [5.74, 6) is -1.49. The molecule has 0 aliphatic rings. The Labute approximate surface area is 151 Å². The molecule has 9 heteroatoms. The van der Waals surface area contributed by atoms with E-state index >= 15 is 0 Å². The lowest BCUT2D eigenvalue weighted by molar-refractivity contribution is 0.0688. The fraction of sp³-hybridized carbons (Fsp3) is 0.267. The quantitative estimate of drug-likeness (QED) is 0.695. The van der Waals surface area contributed by atoms with Crippen molar-refractivity contribution in [1.29, 1.82) is 0 Å². The molecule has 7 nitrogen and oxygen atoms in total. The molecule has 0 spiro atoms. The predicted molar refractivity (Wildman–Crippen MR) is 94.6 cm³/mol. The highest BCUT2D eigenvalue weighted by atomic mass is 79.9. The van der Waals surface area contributed by atoms with Crippen molar-refractivity contribution < 1.29 is 14.7 Å². The molecule has 1 amide bonds. The Morgan fingerprint density at radius 3 is 2.58 bits per heavy atom. The van der Waals surface area contributed by atoms with E-state index in [0.29, 0.717) is 0 Å². The molecule has 2 rings (SSSR count). The fourth-order valence-electron chi connectivity index (χ4n) is 2.02. The van der Waals surface area contributed by atoms with Crippen LogP contribution < -0.4 is 11.1 Å². The number of carboxylic acid groups (broad SMARTS) is 1. The summed E-state index contributed by atoms with van der Waals surface area (Å²) in [5.41, 5.74) is 5.37. The number of carbonyl (C=O) groups excluding carboxylic acids is 1. The Kier molecular flexibility index (Phi) is 5.32. The van der Waals surface area contributed by atoms with Crippen molar-refractivity contribution in [3.05, 3.63) is 45.0 Å². The van der Waals surface area contributed by atoms with Gasteiger partial charge in [-0.3, -0.25) is 4.79 Å². The third-order valence-corrected chi connectivity index (χ3v) is 4.09. The number of nitrogens with one attached hydrogen (secondary N) is 1. The molecule has 0 radical (unpaired) electrons. The molecule has 0 saturated carbocycles. The smallest absolute Gasteiger partial charge is 0.357 e. The van der Waals surface area contributed by atoms with Crippen LogP contribution in [-0.4, -0.2) is 32.3 Å². The monoisotopic (exact) mass is 414 g/mol. The molecule has 0 unspecified atom stereocenters. The van der Waals surface area contributed by atoms with Crippen LogP contribution in [0, 0.1) is 0 Å². The van der Waals surface area contributed by atoms with Crippen LogP contribution >= 0.6 is 27.5 Å². The highest BCUT2D eigenvalue weighted by Crippen LogP contribution is 2.29. The van der Waals surface area contributed by atoms with Gasteiger partial charge in [0.1, 0.15) is 5.82 Å². The highest BCUT2D eigenvalue weighted by molar-refractivity contribution is 9.10. The zero-order valence-corrected chi connectivity index (χ0v) is 15.3. The maximum absolute atomic E-state index is 12.4. The Hall–Kier alpha value is -1.90. The SMILES string of the molecule is CC(C)(N)Cn1nc(C(=O)O)c(Br)c1NC(=O)c1ccccc1Cl. The Bertz CT molecular complexity index is 799. The van der Waals surface area contributed by atoms with Crippen molar-refractivity contribution >= 4 is 45.2 Å². The molecular formula is C15H16BrClN4O3. The molecule has 0 saturated heterocycles. The summed E-state index contributed by atoms with van der Waals surface area (Å²) < 4.78 is 1.52. The van der Waals surface area contributed by atoms with E-state index in [9.17, 15) is 14.7 Å². The molecule has 0 aliphatic carbocycles. The average molecular weight is 416 g/mol. The van der Waals surface area contributed by atoms with E-state index in [1.54, 1.807) is 38.1 Å². The van der Waals surface area contributed by atoms with Gasteiger partial charge in [0.25, 0.3) is 5.91 Å². The van der Waals surface area contributed by atoms with E-state index in [1.165, 1.54) is 4.68 Å². The molecule has 0 bridgehead atoms. The van der Waals surface area contributed by atoms with Crippen LogP contribution in [-0.2, 0) is 6.54 Å². The molecule has 1 aromatic carbocycles. The summed E-state index contributed by atoms with van der Waals surface area (Å²) in [6.45, 7) is 3.74. The Morgan fingerprint density at radius 2 is 2.04 bits per heavy atom. The van der Waals surface area contributed by atoms with Crippen LogP contribution in [0.4, 0.5) is 5.82 Å². The van der Waals surface area contributed by atoms with Crippen LogP contribution in [0.5, 0.6) is 0 Å². The van der Waals surface area contributed by atoms with Crippen molar-refractivity contribution in [2.75, 3.05) is 5.32 Å². The number of carbonyl (C=O) groups is 2. The minimum atomic E-state index is -1.22. The molecular weight excluding hydrogens is 400 g/mol. The number of amides is 1. The van der Waals surface area contributed by atoms with E-state index < -0.39 is 17.4 Å². The van der Waals surface area contributed by atoms with Crippen molar-refractivity contribution in [3.63, 3.8) is 0 Å². The Morgan fingerprint density at radius 1 is 1.42 bits per heavy atom. The number of hydrogen-bond acceptors (Lipinski definition) is 4. The number of anilines is 1. The number of carboxylic acids is 1. The second kappa shape index (κ2) is 6.92. The third-order valence-electron chi connectivity index (χ3n) is 3.00. The molecule has 0 atom stereocenters. The van der Waals surface area contributed by atoms with Crippen LogP contribution in [0.1, 0.15) is 34.7 Å². The van der Waals surface area contributed by atoms with Crippen LogP contribution in [0.2, 0.25) is 5.02 Å². The number of rotatable bonds is 5. The van der Waals surface area contributed by atoms with Crippen LogP contribution in [0.25, 0.3) is 0 Å². The summed E-state index contributed by atoms with van der Waals surface area (Å²) in [7, 11) is 0. The molecule has 2 aromatic rings. The summed E-state index contributed by atoms with van der Waals surface area (Å²) in [5, 5.41) is 16.2. The van der Waals surface area contributed by atoms with Crippen molar-refractivity contribution in [1.82, 2.24) is 9.78 Å². The maximum atomic E-state index is 12.4. The first kappa shape index (κ1) is 18.4. The first-order valence-electron chi connectivity index (χ1n) is 6.94. The van der Waals surface area contributed by atoms with E-state index in [2.05, 4.69) is 26.3 Å². The molecule has 24 heavy (non-hydrogen) atoms. The van der Waals surface area contributed by atoms with Gasteiger partial charge in [0, 0.05) is 5.54 Å². The fourth-order valence-corrected chi connectivity index (χ4v) is 2.79. The molecule has 0 aliphatic heterocycles. The van der Waals surface area contributed by atoms with Gasteiger partial charge in [0.05, 0.1) is 21.6 Å². The van der Waals surface area contributed by atoms with Gasteiger partial charge in [-0.2, -0.15) is 5.10 Å². The zero-order chi connectivity index (χ0) is 18.1. The normalized spacial score (nSPS) is 11.4. The lowest BCUT2D eigenvalue weighted by atomic mass is 10.1. The minimum Gasteiger partial charge on any atom is -0.476 e. The van der Waals surface area contributed by atoms with E-state index in [4.69, 9.17) is 17.3 Å². The van der Waals surface area contributed by atoms with E-state index in [-0.39, 0.29) is 33.1 Å². The Balaban J connectivity index is 2.43. The topological polar surface area (TPSA) is 110 Å². The summed E-state index contributed by atoms with van der Waals surface area (Å²) >= 11 is 9.20. The van der Waals surface area contributed by atoms with Gasteiger partial charge in [-0.15, -0.1) is 0 Å². The first-order valence-corrected chi connectivity index (χ1v) is 8.11. The third kappa shape index (κ3) is 4.14. The van der Waals surface area contributed by atoms with Gasteiger partial charge in [-0.1, -0.05) is 23.7 Å². The largest absolute Gasteiger partial charge is 0.476 e. The van der Waals surface area contributed by atoms with Crippen molar-refractivity contribution in [2.45, 2.75) is 25.9 Å². The zero-order valence-electron chi connectivity index (χ0n) is 13.0. The maximum Gasteiger partial charge on any atom is 0.357 e. The van der Waals surface area contributed by atoms with Crippen molar-refractivity contribution in [2.24, 2.45) is 5.73 Å². The highest BCUT2D eigenvalue weighted by Gasteiger charge is 2.25. The van der Waals surface area contributed by atoms with E-state index in [1.807, 2.05) is 0 Å². The predicted octanol–water partition coefficient (Wildman–Crippen LogP) is 2.99. The van der Waals surface area contributed by atoms with Gasteiger partial charge in [0.2, 0.25) is 0 Å². The van der Waals surface area contributed by atoms with E-state index in [0.717, 1.165) is 0 Å². The number of nitrogens with zero attached hydrogens (tertiary/aromatic N) is 2. The second-order valence-electron chi connectivity index (χ2n) is 5.90. The summed E-state index contributed by atoms with van der Waals surface area (Å²) in [6, 6.07) is 6.54. The lowest BCUT2D eigenvalue weighted by Gasteiger charge is -2.20. The van der Waals surface area contributed by atoms with Gasteiger partial charge < -0.3 is 16.2 Å². The number of nitrogens with two attached hydrogens (primary N) is 1. The lowest BCUT2D eigenvalue weighted by Crippen LogP contribution is -2.38. The van der Waals surface area contributed by atoms with Gasteiger partial charge in [0.15, 0.2) is 5.69 Å². The average Bonchev–Trinajstić information content (AvgIpc) is 2.75. The van der Waals surface area contributed by atoms with Crippen LogP contribution in [0.3, 0.4) is 0 Å². The van der Waals surface area contributed by atoms with Crippen LogP contribution in [0.15, 0.2) is 28.7 Å². The van der Waals surface area contributed by atoms with Crippen molar-refractivity contribution in [3.8, 4) is 0 Å². The van der Waals surface area contributed by atoms with Gasteiger partial charge >= 0.3 is 5.97 Å². The van der Waals surface area contributed by atoms with Gasteiger partial charge in [-0.25, -0.2) is 9.48 Å². The molecule has 0 fully saturated rings. The molecule has 1 aromatic heterocycles. The number of halogens is 2. The molecule has 4 N–H and O–H groups in total. The number of hydrogen-bond donors (Lipinski definition) is 3. The standard InChI is InChI=1S/C15H16BrClN4O3/c1-15(2,18)7-21-12(10(16)11(20-21)14(23)24)19-13(22)8-5-3-4-6-9(8)17/h3-6H,7,18H2,1-2H3,(H,19,22)(H,23,24). The summed E-state index contributed by atoms with van der Waals surface area (Å²) in [4.78, 5) is 23.7. The molecule has 1 heterocycles. The molecule has 128 valence electrons. The summed E-state index contributed by atoms with van der Waals surface area (Å²) in [6.07, 6.45) is 0.